The fourth-order valence-electron chi connectivity index (χ4n) is 2.41. The van der Waals surface area contributed by atoms with Gasteiger partial charge in [0.1, 0.15) is 12.2 Å². The molecule has 0 spiro atoms. The molecule has 8 heteroatoms. The minimum atomic E-state index is -0.576. The standard InChI is InChI=1S/C20H34N2O5S/c1-6-7-9-16(21-18(23)27-20(2,3)4)15-26-19(24)22(11-12-25-5)14-17-10-8-13-28-17/h8,10,13,16H,6-7,9,11-12,14-15H2,1-5H3,(H,21,23)/t16-/m0/s1. The zero-order valence-corrected chi connectivity index (χ0v) is 18.5. The van der Waals surface area contributed by atoms with Gasteiger partial charge in [0.15, 0.2) is 0 Å². The van der Waals surface area contributed by atoms with Crippen molar-refractivity contribution in [3.05, 3.63) is 22.4 Å². The molecular weight excluding hydrogens is 380 g/mol. The summed E-state index contributed by atoms with van der Waals surface area (Å²) in [6, 6.07) is 3.64. The van der Waals surface area contributed by atoms with Gasteiger partial charge in [-0.1, -0.05) is 25.8 Å². The number of carbonyl (C=O) groups is 2. The van der Waals surface area contributed by atoms with Gasteiger partial charge in [0.2, 0.25) is 0 Å². The fourth-order valence-corrected chi connectivity index (χ4v) is 3.13. The van der Waals surface area contributed by atoms with Crippen LogP contribution in [0.3, 0.4) is 0 Å². The summed E-state index contributed by atoms with van der Waals surface area (Å²) in [4.78, 5) is 27.3. The summed E-state index contributed by atoms with van der Waals surface area (Å²) in [7, 11) is 1.60. The summed E-state index contributed by atoms with van der Waals surface area (Å²) in [6.45, 7) is 8.95. The number of methoxy groups -OCH3 is 1. The molecule has 0 saturated carbocycles. The van der Waals surface area contributed by atoms with Crippen LogP contribution in [0.15, 0.2) is 17.5 Å². The molecule has 1 N–H and O–H groups in total. The van der Waals surface area contributed by atoms with Crippen molar-refractivity contribution in [1.82, 2.24) is 10.2 Å². The van der Waals surface area contributed by atoms with E-state index in [4.69, 9.17) is 14.2 Å². The summed E-state index contributed by atoms with van der Waals surface area (Å²) >= 11 is 1.59. The first-order valence-corrected chi connectivity index (χ1v) is 10.6. The molecule has 1 aromatic heterocycles. The van der Waals surface area contributed by atoms with Crippen LogP contribution in [-0.2, 0) is 20.8 Å². The number of unbranched alkanes of at least 4 members (excludes halogenated alkanes) is 1. The van der Waals surface area contributed by atoms with Gasteiger partial charge in [-0.3, -0.25) is 0 Å². The topological polar surface area (TPSA) is 77.1 Å². The molecular formula is C20H34N2O5S. The van der Waals surface area contributed by atoms with Gasteiger partial charge in [0, 0.05) is 18.5 Å². The molecule has 7 nitrogen and oxygen atoms in total. The molecule has 160 valence electrons. The van der Waals surface area contributed by atoms with Gasteiger partial charge in [-0.2, -0.15) is 0 Å². The minimum absolute atomic E-state index is 0.103. The third-order valence-corrected chi connectivity index (χ3v) is 4.65. The van der Waals surface area contributed by atoms with Crippen LogP contribution in [-0.4, -0.2) is 55.6 Å². The van der Waals surface area contributed by atoms with Crippen molar-refractivity contribution in [3.8, 4) is 0 Å². The molecule has 0 radical (unpaired) electrons. The van der Waals surface area contributed by atoms with Crippen LogP contribution >= 0.6 is 11.3 Å². The van der Waals surface area contributed by atoms with Gasteiger partial charge in [-0.05, 0) is 38.6 Å². The maximum Gasteiger partial charge on any atom is 0.410 e. The Kier molecular flexibility index (Phi) is 10.9. The fraction of sp³-hybridized carbons (Fsp3) is 0.700. The van der Waals surface area contributed by atoms with Crippen molar-refractivity contribution in [2.45, 2.75) is 65.1 Å². The highest BCUT2D eigenvalue weighted by atomic mass is 32.1. The van der Waals surface area contributed by atoms with Gasteiger partial charge >= 0.3 is 12.2 Å². The summed E-state index contributed by atoms with van der Waals surface area (Å²) in [6.07, 6.45) is 1.70. The molecule has 0 aliphatic heterocycles. The van der Waals surface area contributed by atoms with E-state index in [0.29, 0.717) is 26.1 Å². The molecule has 1 heterocycles. The van der Waals surface area contributed by atoms with Crippen LogP contribution < -0.4 is 5.32 Å². The number of alkyl carbamates (subject to hydrolysis) is 1. The van der Waals surface area contributed by atoms with Crippen molar-refractivity contribution in [2.75, 3.05) is 26.9 Å². The molecule has 0 fully saturated rings. The van der Waals surface area contributed by atoms with Crippen LogP contribution in [0.4, 0.5) is 9.59 Å². The van der Waals surface area contributed by atoms with E-state index in [1.165, 1.54) is 0 Å². The van der Waals surface area contributed by atoms with E-state index in [0.717, 1.165) is 17.7 Å². The van der Waals surface area contributed by atoms with Crippen LogP contribution in [0.25, 0.3) is 0 Å². The Labute approximate surface area is 172 Å². The van der Waals surface area contributed by atoms with E-state index in [9.17, 15) is 9.59 Å². The largest absolute Gasteiger partial charge is 0.447 e. The van der Waals surface area contributed by atoms with Crippen LogP contribution in [0, 0.1) is 0 Å². The molecule has 28 heavy (non-hydrogen) atoms. The monoisotopic (exact) mass is 414 g/mol. The number of ether oxygens (including phenoxy) is 3. The van der Waals surface area contributed by atoms with Crippen molar-refractivity contribution >= 4 is 23.5 Å². The summed E-state index contributed by atoms with van der Waals surface area (Å²) in [5.41, 5.74) is -0.576. The van der Waals surface area contributed by atoms with Gasteiger partial charge in [-0.15, -0.1) is 11.3 Å². The van der Waals surface area contributed by atoms with Gasteiger partial charge in [0.25, 0.3) is 0 Å². The Morgan fingerprint density at radius 2 is 2.07 bits per heavy atom. The molecule has 1 rings (SSSR count). The first kappa shape index (κ1) is 24.2. The summed E-state index contributed by atoms with van der Waals surface area (Å²) < 4.78 is 15.9. The average Bonchev–Trinajstić information content (AvgIpc) is 3.12. The number of carbonyl (C=O) groups excluding carboxylic acids is 2. The normalized spacial score (nSPS) is 12.3. The molecule has 0 aliphatic rings. The lowest BCUT2D eigenvalue weighted by molar-refractivity contribution is 0.0436. The van der Waals surface area contributed by atoms with Crippen molar-refractivity contribution < 1.29 is 23.8 Å². The molecule has 1 atom stereocenters. The second-order valence-corrected chi connectivity index (χ2v) is 8.59. The molecule has 0 saturated heterocycles. The smallest absolute Gasteiger partial charge is 0.410 e. The second kappa shape index (κ2) is 12.6. The third kappa shape index (κ3) is 10.5. The zero-order chi connectivity index (χ0) is 21.0. The highest BCUT2D eigenvalue weighted by molar-refractivity contribution is 7.09. The molecule has 0 aliphatic carbocycles. The first-order chi connectivity index (χ1) is 13.2. The summed E-state index contributed by atoms with van der Waals surface area (Å²) in [5, 5.41) is 4.78. The molecule has 0 unspecified atom stereocenters. The number of nitrogens with one attached hydrogen (secondary N) is 1. The Bertz CT molecular complexity index is 572. The lowest BCUT2D eigenvalue weighted by atomic mass is 10.1. The Morgan fingerprint density at radius 1 is 1.32 bits per heavy atom. The van der Waals surface area contributed by atoms with E-state index in [2.05, 4.69) is 12.2 Å². The number of amides is 2. The van der Waals surface area contributed by atoms with Gasteiger partial charge < -0.3 is 24.4 Å². The molecule has 2 amide bonds. The maximum absolute atomic E-state index is 12.6. The highest BCUT2D eigenvalue weighted by Gasteiger charge is 2.22. The SMILES string of the molecule is CCCC[C@@H](COC(=O)N(CCOC)Cc1cccs1)NC(=O)OC(C)(C)C. The average molecular weight is 415 g/mol. The van der Waals surface area contributed by atoms with Crippen molar-refractivity contribution in [2.24, 2.45) is 0 Å². The quantitative estimate of drug-likeness (QED) is 0.580. The zero-order valence-electron chi connectivity index (χ0n) is 17.7. The van der Waals surface area contributed by atoms with Crippen molar-refractivity contribution in [3.63, 3.8) is 0 Å². The number of thiophene rings is 1. The Hall–Kier alpha value is -1.80. The number of rotatable bonds is 11. The van der Waals surface area contributed by atoms with Gasteiger partial charge in [-0.25, -0.2) is 9.59 Å². The van der Waals surface area contributed by atoms with E-state index >= 15 is 0 Å². The minimum Gasteiger partial charge on any atom is -0.447 e. The first-order valence-electron chi connectivity index (χ1n) is 9.67. The van der Waals surface area contributed by atoms with E-state index in [-0.39, 0.29) is 12.6 Å². The van der Waals surface area contributed by atoms with Crippen molar-refractivity contribution in [1.29, 1.82) is 0 Å². The number of nitrogens with zero attached hydrogens (tertiary/aromatic N) is 1. The van der Waals surface area contributed by atoms with Crippen LogP contribution in [0.2, 0.25) is 0 Å². The Morgan fingerprint density at radius 3 is 2.64 bits per heavy atom. The predicted octanol–water partition coefficient (Wildman–Crippen LogP) is 4.42. The molecule has 1 aromatic rings. The van der Waals surface area contributed by atoms with E-state index in [1.807, 2.05) is 38.3 Å². The number of hydrogen-bond donors (Lipinski definition) is 1. The second-order valence-electron chi connectivity index (χ2n) is 7.56. The van der Waals surface area contributed by atoms with Crippen LogP contribution in [0.5, 0.6) is 0 Å². The maximum atomic E-state index is 12.6. The third-order valence-electron chi connectivity index (χ3n) is 3.79. The number of hydrogen-bond acceptors (Lipinski definition) is 6. The van der Waals surface area contributed by atoms with Crippen LogP contribution in [0.1, 0.15) is 51.8 Å². The molecule has 0 bridgehead atoms. The van der Waals surface area contributed by atoms with E-state index < -0.39 is 17.8 Å². The van der Waals surface area contributed by atoms with E-state index in [1.54, 1.807) is 23.3 Å². The van der Waals surface area contributed by atoms with Gasteiger partial charge in [0.05, 0.1) is 19.2 Å². The lowest BCUT2D eigenvalue weighted by Crippen LogP contribution is -2.43. The lowest BCUT2D eigenvalue weighted by Gasteiger charge is -2.25. The Balaban J connectivity index is 2.62. The predicted molar refractivity (Wildman–Crippen MR) is 111 cm³/mol. The highest BCUT2D eigenvalue weighted by Crippen LogP contribution is 2.13. The summed E-state index contributed by atoms with van der Waals surface area (Å²) in [5.74, 6) is 0. The molecule has 0 aromatic carbocycles.